The molecule has 1 saturated carbocycles. The smallest absolute Gasteiger partial charge is 0.214 e. The SMILES string of the molecule is NN=C1C(=O)C2=CC=CNC2C(=O)C1=NCc1ccc(N2CCN(Cc3ccco3)CC2)cc1. The molecule has 3 heterocycles. The third-order valence-corrected chi connectivity index (χ3v) is 6.33. The van der Waals surface area contributed by atoms with E-state index in [2.05, 4.69) is 37.3 Å². The standard InChI is InChI=1S/C25H26N6O3/c26-29-23-22(25(33)21-20(24(23)32)4-1-9-27-21)28-15-17-5-7-18(8-6-17)31-12-10-30(11-13-31)16-19-3-2-14-34-19/h1-9,14,21,27H,10-13,15-16,26H2. The normalized spacial score (nSPS) is 23.2. The van der Waals surface area contributed by atoms with Crippen LogP contribution in [0.2, 0.25) is 0 Å². The number of Topliss-reactive ketones (excluding diaryl/α,β-unsaturated/α-hetero) is 2. The van der Waals surface area contributed by atoms with Gasteiger partial charge in [0.05, 0.1) is 19.4 Å². The van der Waals surface area contributed by atoms with Gasteiger partial charge in [-0.15, -0.1) is 0 Å². The number of nitrogens with zero attached hydrogens (tertiary/aromatic N) is 4. The van der Waals surface area contributed by atoms with Crippen molar-refractivity contribution in [1.82, 2.24) is 10.2 Å². The van der Waals surface area contributed by atoms with E-state index in [-0.39, 0.29) is 29.5 Å². The minimum Gasteiger partial charge on any atom is -0.468 e. The maximum Gasteiger partial charge on any atom is 0.214 e. The van der Waals surface area contributed by atoms with E-state index in [1.807, 2.05) is 24.3 Å². The molecule has 1 saturated heterocycles. The molecule has 9 nitrogen and oxygen atoms in total. The van der Waals surface area contributed by atoms with Crippen molar-refractivity contribution in [2.75, 3.05) is 31.1 Å². The number of aliphatic imine (C=N–C) groups is 1. The third-order valence-electron chi connectivity index (χ3n) is 6.33. The number of hydrogen-bond donors (Lipinski definition) is 2. The van der Waals surface area contributed by atoms with E-state index in [9.17, 15) is 9.59 Å². The molecule has 0 bridgehead atoms. The number of allylic oxidation sites excluding steroid dienone is 2. The zero-order valence-corrected chi connectivity index (χ0v) is 18.7. The van der Waals surface area contributed by atoms with Crippen LogP contribution < -0.4 is 16.1 Å². The molecule has 0 radical (unpaired) electrons. The van der Waals surface area contributed by atoms with Gasteiger partial charge in [-0.1, -0.05) is 18.2 Å². The molecule has 2 aliphatic heterocycles. The molecule has 1 aliphatic carbocycles. The van der Waals surface area contributed by atoms with Crippen molar-refractivity contribution in [3.63, 3.8) is 0 Å². The lowest BCUT2D eigenvalue weighted by atomic mass is 9.83. The summed E-state index contributed by atoms with van der Waals surface area (Å²) in [5.74, 6) is 5.76. The number of hydrazone groups is 1. The maximum absolute atomic E-state index is 12.9. The summed E-state index contributed by atoms with van der Waals surface area (Å²) >= 11 is 0. The lowest BCUT2D eigenvalue weighted by Gasteiger charge is -2.35. The summed E-state index contributed by atoms with van der Waals surface area (Å²) in [4.78, 5) is 34.8. The van der Waals surface area contributed by atoms with Crippen LogP contribution in [0.15, 0.2) is 81.1 Å². The molecule has 0 amide bonds. The molecule has 9 heteroatoms. The summed E-state index contributed by atoms with van der Waals surface area (Å²) in [6.45, 7) is 4.90. The summed E-state index contributed by atoms with van der Waals surface area (Å²) in [6.07, 6.45) is 6.63. The van der Waals surface area contributed by atoms with E-state index in [4.69, 9.17) is 10.3 Å². The first-order chi connectivity index (χ1) is 16.6. The summed E-state index contributed by atoms with van der Waals surface area (Å²) in [7, 11) is 0. The van der Waals surface area contributed by atoms with Gasteiger partial charge < -0.3 is 20.5 Å². The molecule has 3 N–H and O–H groups in total. The molecule has 1 unspecified atom stereocenters. The number of hydrogen-bond acceptors (Lipinski definition) is 9. The van der Waals surface area contributed by atoms with Gasteiger partial charge in [0.15, 0.2) is 5.71 Å². The van der Waals surface area contributed by atoms with Gasteiger partial charge in [-0.2, -0.15) is 5.10 Å². The number of piperazine rings is 1. The minimum atomic E-state index is -0.740. The Bertz CT molecular complexity index is 1190. The fraction of sp³-hybridized carbons (Fsp3) is 0.280. The van der Waals surface area contributed by atoms with Crippen LogP contribution in [0.4, 0.5) is 5.69 Å². The number of anilines is 1. The maximum atomic E-state index is 12.9. The predicted molar refractivity (Wildman–Crippen MR) is 130 cm³/mol. The van der Waals surface area contributed by atoms with E-state index >= 15 is 0 Å². The second-order valence-corrected chi connectivity index (χ2v) is 8.43. The van der Waals surface area contributed by atoms with Crippen LogP contribution in [0.5, 0.6) is 0 Å². The van der Waals surface area contributed by atoms with E-state index in [0.717, 1.165) is 49.7 Å². The number of carbonyl (C=O) groups is 2. The highest BCUT2D eigenvalue weighted by molar-refractivity contribution is 6.86. The van der Waals surface area contributed by atoms with Crippen LogP contribution in [0, 0.1) is 0 Å². The van der Waals surface area contributed by atoms with Gasteiger partial charge in [-0.25, -0.2) is 0 Å². The molecule has 174 valence electrons. The van der Waals surface area contributed by atoms with Crippen molar-refractivity contribution in [3.8, 4) is 0 Å². The molecular weight excluding hydrogens is 432 g/mol. The van der Waals surface area contributed by atoms with E-state index in [0.29, 0.717) is 5.57 Å². The molecule has 0 spiro atoms. The Morgan fingerprint density at radius 3 is 2.56 bits per heavy atom. The van der Waals surface area contributed by atoms with Gasteiger partial charge in [-0.05, 0) is 42.1 Å². The molecule has 34 heavy (non-hydrogen) atoms. The van der Waals surface area contributed by atoms with Gasteiger partial charge >= 0.3 is 0 Å². The molecule has 1 atom stereocenters. The van der Waals surface area contributed by atoms with Crippen LogP contribution in [0.1, 0.15) is 11.3 Å². The largest absolute Gasteiger partial charge is 0.468 e. The number of nitrogens with two attached hydrogens (primary N) is 1. The molecule has 2 fully saturated rings. The van der Waals surface area contributed by atoms with E-state index < -0.39 is 6.04 Å². The fourth-order valence-corrected chi connectivity index (χ4v) is 4.45. The van der Waals surface area contributed by atoms with Gasteiger partial charge in [0.25, 0.3) is 0 Å². The second-order valence-electron chi connectivity index (χ2n) is 8.43. The summed E-state index contributed by atoms with van der Waals surface area (Å²) in [6, 6.07) is 11.3. The number of rotatable bonds is 5. The lowest BCUT2D eigenvalue weighted by molar-refractivity contribution is -0.117. The van der Waals surface area contributed by atoms with Gasteiger partial charge in [-0.3, -0.25) is 19.5 Å². The predicted octanol–water partition coefficient (Wildman–Crippen LogP) is 1.42. The highest BCUT2D eigenvalue weighted by Crippen LogP contribution is 2.21. The number of benzene rings is 1. The average molecular weight is 459 g/mol. The quantitative estimate of drug-likeness (QED) is 0.514. The first-order valence-corrected chi connectivity index (χ1v) is 11.3. The molecule has 1 aromatic heterocycles. The Balaban J connectivity index is 1.22. The molecule has 2 aromatic rings. The van der Waals surface area contributed by atoms with Gasteiger partial charge in [0.1, 0.15) is 17.5 Å². The zero-order valence-electron chi connectivity index (χ0n) is 18.7. The van der Waals surface area contributed by atoms with Crippen LogP contribution in [-0.2, 0) is 22.7 Å². The van der Waals surface area contributed by atoms with Crippen LogP contribution >= 0.6 is 0 Å². The summed E-state index contributed by atoms with van der Waals surface area (Å²) in [5, 5.41) is 6.50. The van der Waals surface area contributed by atoms with Crippen molar-refractivity contribution in [3.05, 3.63) is 77.9 Å². The Labute approximate surface area is 197 Å². The molecular formula is C25H26N6O3. The van der Waals surface area contributed by atoms with E-state index in [1.165, 1.54) is 0 Å². The fourth-order valence-electron chi connectivity index (χ4n) is 4.45. The van der Waals surface area contributed by atoms with Crippen molar-refractivity contribution < 1.29 is 14.0 Å². The van der Waals surface area contributed by atoms with Crippen LogP contribution in [-0.4, -0.2) is 60.1 Å². The number of carbonyl (C=O) groups excluding carboxylic acids is 2. The van der Waals surface area contributed by atoms with Crippen molar-refractivity contribution in [1.29, 1.82) is 0 Å². The number of dihydropyridines is 1. The Morgan fingerprint density at radius 1 is 1.06 bits per heavy atom. The van der Waals surface area contributed by atoms with Gasteiger partial charge in [0.2, 0.25) is 11.6 Å². The first-order valence-electron chi connectivity index (χ1n) is 11.3. The average Bonchev–Trinajstić information content (AvgIpc) is 3.39. The monoisotopic (exact) mass is 458 g/mol. The molecule has 1 aromatic carbocycles. The minimum absolute atomic E-state index is 0.0224. The zero-order chi connectivity index (χ0) is 23.5. The number of furan rings is 1. The van der Waals surface area contributed by atoms with Gasteiger partial charge in [0, 0.05) is 37.4 Å². The highest BCUT2D eigenvalue weighted by atomic mass is 16.3. The Kier molecular flexibility index (Phi) is 6.09. The topological polar surface area (TPSA) is 117 Å². The lowest BCUT2D eigenvalue weighted by Crippen LogP contribution is -2.53. The summed E-state index contributed by atoms with van der Waals surface area (Å²) in [5.41, 5.74) is 2.35. The number of fused-ring (bicyclic) bond motifs is 1. The molecule has 5 rings (SSSR count). The van der Waals surface area contributed by atoms with Crippen molar-refractivity contribution in [2.45, 2.75) is 19.1 Å². The van der Waals surface area contributed by atoms with Crippen LogP contribution in [0.25, 0.3) is 0 Å². The number of nitrogens with one attached hydrogen (secondary N) is 1. The van der Waals surface area contributed by atoms with E-state index in [1.54, 1.807) is 24.6 Å². The number of ketones is 2. The third kappa shape index (κ3) is 4.29. The molecule has 3 aliphatic rings. The van der Waals surface area contributed by atoms with Crippen molar-refractivity contribution >= 4 is 28.7 Å². The Hall–Kier alpha value is -3.98. The highest BCUT2D eigenvalue weighted by Gasteiger charge is 2.42. The Morgan fingerprint density at radius 2 is 1.85 bits per heavy atom. The van der Waals surface area contributed by atoms with Crippen molar-refractivity contribution in [2.24, 2.45) is 15.9 Å². The summed E-state index contributed by atoms with van der Waals surface area (Å²) < 4.78 is 5.45. The first kappa shape index (κ1) is 21.8. The van der Waals surface area contributed by atoms with Crippen LogP contribution in [0.3, 0.4) is 0 Å². The second kappa shape index (κ2) is 9.48.